The Morgan fingerprint density at radius 3 is 2.27 bits per heavy atom. The van der Waals surface area contributed by atoms with E-state index in [0.29, 0.717) is 0 Å². The van der Waals surface area contributed by atoms with E-state index in [1.165, 1.54) is 0 Å². The quantitative estimate of drug-likeness (QED) is 0.681. The number of rotatable bonds is 4. The molecule has 0 spiro atoms. The zero-order valence-electron chi connectivity index (χ0n) is 6.83. The minimum Gasteiger partial charge on any atom is -0.314 e. The second-order valence-electron chi connectivity index (χ2n) is 2.63. The second-order valence-corrected chi connectivity index (χ2v) is 2.63. The van der Waals surface area contributed by atoms with Gasteiger partial charge in [0.15, 0.2) is 0 Å². The Labute approximate surface area is 65.0 Å². The minimum atomic E-state index is -4.03. The van der Waals surface area contributed by atoms with Gasteiger partial charge in [-0.2, -0.15) is 13.2 Å². The van der Waals surface area contributed by atoms with Crippen LogP contribution < -0.4 is 5.32 Å². The van der Waals surface area contributed by atoms with E-state index in [2.05, 4.69) is 5.32 Å². The van der Waals surface area contributed by atoms with Crippen molar-refractivity contribution in [2.24, 2.45) is 0 Å². The van der Waals surface area contributed by atoms with Gasteiger partial charge >= 0.3 is 6.18 Å². The summed E-state index contributed by atoms with van der Waals surface area (Å²) in [6, 6.07) is 0.178. The van der Waals surface area contributed by atoms with Crippen LogP contribution in [-0.4, -0.2) is 18.8 Å². The van der Waals surface area contributed by atoms with Gasteiger partial charge in [0.2, 0.25) is 0 Å². The molecule has 0 heterocycles. The molecule has 1 unspecified atom stereocenters. The van der Waals surface area contributed by atoms with Crippen LogP contribution in [0.5, 0.6) is 0 Å². The van der Waals surface area contributed by atoms with Crippen molar-refractivity contribution in [3.05, 3.63) is 0 Å². The molecule has 0 aliphatic carbocycles. The molecule has 0 saturated carbocycles. The molecule has 0 aliphatic heterocycles. The molecule has 0 amide bonds. The number of halogens is 3. The molecule has 0 rings (SSSR count). The zero-order chi connectivity index (χ0) is 8.91. The Morgan fingerprint density at radius 1 is 1.36 bits per heavy atom. The molecule has 1 N–H and O–H groups in total. The lowest BCUT2D eigenvalue weighted by atomic mass is 10.2. The van der Waals surface area contributed by atoms with Gasteiger partial charge in [-0.05, 0) is 13.3 Å². The van der Waals surface area contributed by atoms with Crippen molar-refractivity contribution in [3.63, 3.8) is 0 Å². The van der Waals surface area contributed by atoms with Crippen molar-refractivity contribution >= 4 is 0 Å². The van der Waals surface area contributed by atoms with Crippen LogP contribution in [0.2, 0.25) is 0 Å². The summed E-state index contributed by atoms with van der Waals surface area (Å²) in [4.78, 5) is 0. The van der Waals surface area contributed by atoms with Crippen molar-refractivity contribution in [2.75, 3.05) is 6.54 Å². The highest BCUT2D eigenvalue weighted by atomic mass is 19.4. The Hall–Kier alpha value is -0.250. The molecule has 0 aromatic rings. The smallest absolute Gasteiger partial charge is 0.314 e. The van der Waals surface area contributed by atoms with E-state index in [-0.39, 0.29) is 12.6 Å². The predicted molar refractivity (Wildman–Crippen MR) is 38.4 cm³/mol. The molecule has 68 valence electrons. The Balaban J connectivity index is 3.28. The van der Waals surface area contributed by atoms with Gasteiger partial charge in [-0.25, -0.2) is 0 Å². The van der Waals surface area contributed by atoms with Gasteiger partial charge < -0.3 is 5.32 Å². The number of hydrogen-bond donors (Lipinski definition) is 1. The van der Waals surface area contributed by atoms with Gasteiger partial charge in [-0.15, -0.1) is 0 Å². The molecule has 0 radical (unpaired) electrons. The third-order valence-corrected chi connectivity index (χ3v) is 1.51. The summed E-state index contributed by atoms with van der Waals surface area (Å²) >= 11 is 0. The van der Waals surface area contributed by atoms with E-state index in [9.17, 15) is 13.2 Å². The van der Waals surface area contributed by atoms with Gasteiger partial charge in [0.05, 0.1) is 6.42 Å². The van der Waals surface area contributed by atoms with Crippen LogP contribution in [0, 0.1) is 0 Å². The molecule has 1 atom stereocenters. The molecule has 0 aromatic heterocycles. The van der Waals surface area contributed by atoms with Gasteiger partial charge in [-0.3, -0.25) is 0 Å². The highest BCUT2D eigenvalue weighted by Gasteiger charge is 2.26. The van der Waals surface area contributed by atoms with E-state index in [4.69, 9.17) is 0 Å². The van der Waals surface area contributed by atoms with Crippen LogP contribution in [-0.2, 0) is 0 Å². The normalized spacial score (nSPS) is 15.0. The van der Waals surface area contributed by atoms with E-state index < -0.39 is 12.6 Å². The molecular formula is C7H14F3N. The maximum absolute atomic E-state index is 11.6. The maximum atomic E-state index is 11.6. The van der Waals surface area contributed by atoms with Crippen LogP contribution >= 0.6 is 0 Å². The van der Waals surface area contributed by atoms with E-state index in [1.807, 2.05) is 13.8 Å². The summed E-state index contributed by atoms with van der Waals surface area (Å²) in [7, 11) is 0. The maximum Gasteiger partial charge on any atom is 0.390 e. The molecule has 0 aromatic carbocycles. The van der Waals surface area contributed by atoms with E-state index in [1.54, 1.807) is 0 Å². The summed E-state index contributed by atoms with van der Waals surface area (Å²) in [5.74, 6) is 0. The third kappa shape index (κ3) is 7.65. The molecule has 0 saturated heterocycles. The van der Waals surface area contributed by atoms with Gasteiger partial charge in [0.25, 0.3) is 0 Å². The topological polar surface area (TPSA) is 12.0 Å². The van der Waals surface area contributed by atoms with Crippen LogP contribution in [0.25, 0.3) is 0 Å². The molecule has 0 bridgehead atoms. The van der Waals surface area contributed by atoms with Crippen molar-refractivity contribution in [1.29, 1.82) is 0 Å². The first-order valence-electron chi connectivity index (χ1n) is 3.76. The van der Waals surface area contributed by atoms with Crippen molar-refractivity contribution < 1.29 is 13.2 Å². The predicted octanol–water partition coefficient (Wildman–Crippen LogP) is 2.33. The van der Waals surface area contributed by atoms with E-state index in [0.717, 1.165) is 6.42 Å². The number of alkyl halides is 3. The van der Waals surface area contributed by atoms with Crippen LogP contribution in [0.4, 0.5) is 13.2 Å². The number of nitrogens with one attached hydrogen (secondary N) is 1. The first kappa shape index (κ1) is 10.8. The van der Waals surface area contributed by atoms with Crippen LogP contribution in [0.3, 0.4) is 0 Å². The largest absolute Gasteiger partial charge is 0.390 e. The Morgan fingerprint density at radius 2 is 1.91 bits per heavy atom. The minimum absolute atomic E-state index is 0.0263. The average Bonchev–Trinajstić information content (AvgIpc) is 1.85. The fourth-order valence-electron chi connectivity index (χ4n) is 0.605. The lowest BCUT2D eigenvalue weighted by Crippen LogP contribution is -2.29. The molecular weight excluding hydrogens is 155 g/mol. The summed E-state index contributed by atoms with van der Waals surface area (Å²) in [6.45, 7) is 3.83. The Bertz CT molecular complexity index is 100. The summed E-state index contributed by atoms with van der Waals surface area (Å²) in [5, 5.41) is 2.77. The highest BCUT2D eigenvalue weighted by molar-refractivity contribution is 4.60. The first-order valence-corrected chi connectivity index (χ1v) is 3.76. The molecule has 1 nitrogen and oxygen atoms in total. The number of hydrogen-bond acceptors (Lipinski definition) is 1. The van der Waals surface area contributed by atoms with Crippen molar-refractivity contribution in [2.45, 2.75) is 38.9 Å². The fraction of sp³-hybridized carbons (Fsp3) is 1.00. The summed E-state index contributed by atoms with van der Waals surface area (Å²) in [6.07, 6.45) is -3.91. The zero-order valence-corrected chi connectivity index (χ0v) is 6.83. The standard InChI is InChI=1S/C7H14F3N/c1-3-6(2)11-5-4-7(8,9)10/h6,11H,3-5H2,1-2H3. The summed E-state index contributed by atoms with van der Waals surface area (Å²) in [5.41, 5.74) is 0. The second kappa shape index (κ2) is 4.59. The van der Waals surface area contributed by atoms with E-state index >= 15 is 0 Å². The summed E-state index contributed by atoms with van der Waals surface area (Å²) < 4.78 is 34.7. The lowest BCUT2D eigenvalue weighted by molar-refractivity contribution is -0.133. The molecule has 0 fully saturated rings. The molecule has 11 heavy (non-hydrogen) atoms. The molecule has 4 heteroatoms. The average molecular weight is 169 g/mol. The Kier molecular flexibility index (Phi) is 4.49. The SMILES string of the molecule is CCC(C)NCCC(F)(F)F. The van der Waals surface area contributed by atoms with Crippen LogP contribution in [0.15, 0.2) is 0 Å². The van der Waals surface area contributed by atoms with Crippen molar-refractivity contribution in [1.82, 2.24) is 5.32 Å². The third-order valence-electron chi connectivity index (χ3n) is 1.51. The van der Waals surface area contributed by atoms with Crippen molar-refractivity contribution in [3.8, 4) is 0 Å². The highest BCUT2D eigenvalue weighted by Crippen LogP contribution is 2.18. The molecule has 0 aliphatic rings. The fourth-order valence-corrected chi connectivity index (χ4v) is 0.605. The van der Waals surface area contributed by atoms with Crippen LogP contribution in [0.1, 0.15) is 26.7 Å². The van der Waals surface area contributed by atoms with Gasteiger partial charge in [0.1, 0.15) is 0 Å². The van der Waals surface area contributed by atoms with Gasteiger partial charge in [0, 0.05) is 12.6 Å². The first-order chi connectivity index (χ1) is 4.95. The monoisotopic (exact) mass is 169 g/mol. The lowest BCUT2D eigenvalue weighted by Gasteiger charge is -2.11. The van der Waals surface area contributed by atoms with Gasteiger partial charge in [-0.1, -0.05) is 6.92 Å².